The number of aromatic nitrogens is 2. The Morgan fingerprint density at radius 3 is 2.65 bits per heavy atom. The monoisotopic (exact) mass is 270 g/mol. The zero-order chi connectivity index (χ0) is 14.1. The molecule has 0 radical (unpaired) electrons. The minimum absolute atomic E-state index is 0.522. The van der Waals surface area contributed by atoms with Crippen molar-refractivity contribution in [1.29, 1.82) is 0 Å². The van der Waals surface area contributed by atoms with E-state index in [9.17, 15) is 4.39 Å². The summed E-state index contributed by atoms with van der Waals surface area (Å²) in [5.41, 5.74) is 4.09. The maximum Gasteiger partial charge on any atom is 0.235 e. The summed E-state index contributed by atoms with van der Waals surface area (Å²) in [4.78, 5) is 4.44. The van der Waals surface area contributed by atoms with E-state index >= 15 is 0 Å². The van der Waals surface area contributed by atoms with Crippen LogP contribution in [-0.4, -0.2) is 15.7 Å². The lowest BCUT2D eigenvalue weighted by Gasteiger charge is -2.08. The lowest BCUT2D eigenvalue weighted by Crippen LogP contribution is -2.03. The second-order valence-corrected chi connectivity index (χ2v) is 4.71. The van der Waals surface area contributed by atoms with Crippen molar-refractivity contribution in [1.82, 2.24) is 9.38 Å². The van der Waals surface area contributed by atoms with Crippen molar-refractivity contribution in [2.24, 2.45) is 0 Å². The van der Waals surface area contributed by atoms with Crippen molar-refractivity contribution in [2.45, 2.75) is 20.2 Å². The first-order chi connectivity index (χ1) is 9.65. The highest BCUT2D eigenvalue weighted by Crippen LogP contribution is 2.24. The minimum Gasteiger partial charge on any atom is -0.461 e. The summed E-state index contributed by atoms with van der Waals surface area (Å²) in [5, 5.41) is 0. The van der Waals surface area contributed by atoms with Crippen LogP contribution in [0.4, 0.5) is 4.39 Å². The molecule has 3 aromatic rings. The topological polar surface area (TPSA) is 26.5 Å². The van der Waals surface area contributed by atoms with E-state index in [2.05, 4.69) is 4.98 Å². The van der Waals surface area contributed by atoms with Crippen LogP contribution in [-0.2, 0) is 0 Å². The molecule has 4 heteroatoms. The Bertz CT molecular complexity index is 732. The first-order valence-electron chi connectivity index (χ1n) is 6.49. The molecule has 2 aromatic heterocycles. The number of hydrogen-bond acceptors (Lipinski definition) is 2. The molecule has 102 valence electrons. The molecule has 20 heavy (non-hydrogen) atoms. The molecule has 0 fully saturated rings. The Kier molecular flexibility index (Phi) is 3.14. The zero-order valence-corrected chi connectivity index (χ0v) is 11.4. The van der Waals surface area contributed by atoms with E-state index < -0.39 is 6.36 Å². The Morgan fingerprint density at radius 2 is 1.95 bits per heavy atom. The molecule has 1 aromatic carbocycles. The van der Waals surface area contributed by atoms with Gasteiger partial charge < -0.3 is 4.74 Å². The van der Waals surface area contributed by atoms with Crippen LogP contribution < -0.4 is 4.74 Å². The lowest BCUT2D eigenvalue weighted by molar-refractivity contribution is 0.0861. The Morgan fingerprint density at radius 1 is 1.20 bits per heavy atom. The van der Waals surface area contributed by atoms with E-state index in [1.165, 1.54) is 6.92 Å². The van der Waals surface area contributed by atoms with Gasteiger partial charge >= 0.3 is 0 Å². The number of imidazole rings is 1. The predicted octanol–water partition coefficient (Wildman–Crippen LogP) is 4.00. The molecule has 3 nitrogen and oxygen atoms in total. The summed E-state index contributed by atoms with van der Waals surface area (Å²) in [6.07, 6.45) is 2.52. The van der Waals surface area contributed by atoms with Crippen LogP contribution in [0.2, 0.25) is 0 Å². The molecule has 0 spiro atoms. The smallest absolute Gasteiger partial charge is 0.235 e. The number of pyridine rings is 1. The van der Waals surface area contributed by atoms with Gasteiger partial charge in [-0.15, -0.1) is 0 Å². The number of ether oxygens (including phenoxy) is 1. The third-order valence-corrected chi connectivity index (χ3v) is 3.18. The molecule has 0 saturated heterocycles. The maximum atomic E-state index is 12.8. The number of nitrogens with zero attached hydrogens (tertiary/aromatic N) is 2. The predicted molar refractivity (Wildman–Crippen MR) is 76.6 cm³/mol. The summed E-state index contributed by atoms with van der Waals surface area (Å²) in [6, 6.07) is 11.4. The first kappa shape index (κ1) is 12.7. The molecule has 0 aliphatic carbocycles. The fourth-order valence-electron chi connectivity index (χ4n) is 2.26. The number of rotatable bonds is 3. The molecule has 1 unspecified atom stereocenters. The molecular formula is C16H15FN2O. The van der Waals surface area contributed by atoms with Crippen molar-refractivity contribution in [3.63, 3.8) is 0 Å². The highest BCUT2D eigenvalue weighted by Gasteiger charge is 2.08. The SMILES string of the molecule is Cc1cccn2c(-c3ccc(OC(C)F)cc3)cnc12. The maximum absolute atomic E-state index is 12.8. The van der Waals surface area contributed by atoms with Crippen LogP contribution in [0.15, 0.2) is 48.8 Å². The molecule has 0 aliphatic rings. The van der Waals surface area contributed by atoms with E-state index in [1.54, 1.807) is 12.1 Å². The summed E-state index contributed by atoms with van der Waals surface area (Å²) in [6.45, 7) is 3.40. The average Bonchev–Trinajstić information content (AvgIpc) is 2.84. The quantitative estimate of drug-likeness (QED) is 0.719. The van der Waals surface area contributed by atoms with E-state index in [1.807, 2.05) is 48.0 Å². The molecule has 3 rings (SSSR count). The van der Waals surface area contributed by atoms with Gasteiger partial charge in [0.05, 0.1) is 11.9 Å². The number of alkyl halides is 1. The van der Waals surface area contributed by atoms with Crippen LogP contribution in [0.3, 0.4) is 0 Å². The Hall–Kier alpha value is -2.36. The van der Waals surface area contributed by atoms with Gasteiger partial charge in [0.25, 0.3) is 0 Å². The number of benzene rings is 1. The van der Waals surface area contributed by atoms with E-state index in [-0.39, 0.29) is 0 Å². The number of hydrogen-bond donors (Lipinski definition) is 0. The van der Waals surface area contributed by atoms with E-state index in [0.717, 1.165) is 22.5 Å². The van der Waals surface area contributed by atoms with Gasteiger partial charge in [0, 0.05) is 18.7 Å². The molecule has 0 saturated carbocycles. The average molecular weight is 270 g/mol. The van der Waals surface area contributed by atoms with Gasteiger partial charge in [-0.3, -0.25) is 4.40 Å². The van der Waals surface area contributed by atoms with E-state index in [4.69, 9.17) is 4.74 Å². The molecule has 0 N–H and O–H groups in total. The largest absolute Gasteiger partial charge is 0.461 e. The van der Waals surface area contributed by atoms with Crippen LogP contribution >= 0.6 is 0 Å². The fraction of sp³-hybridized carbons (Fsp3) is 0.188. The normalized spacial score (nSPS) is 12.6. The van der Waals surface area contributed by atoms with Gasteiger partial charge in [-0.2, -0.15) is 0 Å². The van der Waals surface area contributed by atoms with Crippen molar-refractivity contribution in [3.05, 3.63) is 54.4 Å². The van der Waals surface area contributed by atoms with Gasteiger partial charge in [-0.1, -0.05) is 6.07 Å². The van der Waals surface area contributed by atoms with Crippen LogP contribution in [0.1, 0.15) is 12.5 Å². The summed E-state index contributed by atoms with van der Waals surface area (Å²) < 4.78 is 19.8. The van der Waals surface area contributed by atoms with Crippen molar-refractivity contribution in [2.75, 3.05) is 0 Å². The van der Waals surface area contributed by atoms with Gasteiger partial charge in [0.15, 0.2) is 0 Å². The van der Waals surface area contributed by atoms with Crippen molar-refractivity contribution < 1.29 is 9.13 Å². The summed E-state index contributed by atoms with van der Waals surface area (Å²) in [5.74, 6) is 0.522. The van der Waals surface area contributed by atoms with Crippen molar-refractivity contribution in [3.8, 4) is 17.0 Å². The zero-order valence-electron chi connectivity index (χ0n) is 11.4. The molecule has 2 heterocycles. The van der Waals surface area contributed by atoms with Crippen LogP contribution in [0.25, 0.3) is 16.9 Å². The third kappa shape index (κ3) is 2.25. The molecule has 1 atom stereocenters. The minimum atomic E-state index is -1.31. The van der Waals surface area contributed by atoms with Gasteiger partial charge in [0.1, 0.15) is 11.4 Å². The van der Waals surface area contributed by atoms with Crippen LogP contribution in [0, 0.1) is 6.92 Å². The molecule has 0 aliphatic heterocycles. The summed E-state index contributed by atoms with van der Waals surface area (Å²) >= 11 is 0. The second kappa shape index (κ2) is 4.96. The molecule has 0 amide bonds. The first-order valence-corrected chi connectivity index (χ1v) is 6.49. The second-order valence-electron chi connectivity index (χ2n) is 4.71. The van der Waals surface area contributed by atoms with E-state index in [0.29, 0.717) is 5.75 Å². The lowest BCUT2D eigenvalue weighted by atomic mass is 10.1. The number of halogens is 1. The highest BCUT2D eigenvalue weighted by molar-refractivity contribution is 5.65. The Labute approximate surface area is 116 Å². The van der Waals surface area contributed by atoms with Crippen LogP contribution in [0.5, 0.6) is 5.75 Å². The summed E-state index contributed by atoms with van der Waals surface area (Å²) in [7, 11) is 0. The van der Waals surface area contributed by atoms with Gasteiger partial charge in [0.2, 0.25) is 6.36 Å². The third-order valence-electron chi connectivity index (χ3n) is 3.18. The molecular weight excluding hydrogens is 255 g/mol. The standard InChI is InChI=1S/C16H15FN2O/c1-11-4-3-9-19-15(10-18-16(11)19)13-5-7-14(8-6-13)20-12(2)17/h3-10,12H,1-2H3. The fourth-order valence-corrected chi connectivity index (χ4v) is 2.26. The van der Waals surface area contributed by atoms with Crippen molar-refractivity contribution >= 4 is 5.65 Å². The number of fused-ring (bicyclic) bond motifs is 1. The van der Waals surface area contributed by atoms with Gasteiger partial charge in [-0.05, 0) is 42.8 Å². The van der Waals surface area contributed by atoms with Gasteiger partial charge in [-0.25, -0.2) is 9.37 Å². The highest BCUT2D eigenvalue weighted by atomic mass is 19.1. The molecule has 0 bridgehead atoms. The number of aryl methyl sites for hydroxylation is 1. The Balaban J connectivity index is 2.01.